The van der Waals surface area contributed by atoms with Gasteiger partial charge in [-0.3, -0.25) is 0 Å². The summed E-state index contributed by atoms with van der Waals surface area (Å²) in [6.45, 7) is 4.61. The maximum Gasteiger partial charge on any atom is 0.0481 e. The first-order chi connectivity index (χ1) is 23.7. The Hall–Kier alpha value is -2.76. The number of rotatable bonds is 19. The van der Waals surface area contributed by atoms with Crippen LogP contribution in [0.4, 0.5) is 0 Å². The predicted octanol–water partition coefficient (Wildman–Crippen LogP) is 16.1. The van der Waals surface area contributed by atoms with Gasteiger partial charge in [0.25, 0.3) is 0 Å². The molecule has 0 radical (unpaired) electrons. The third-order valence-electron chi connectivity index (χ3n) is 9.24. The van der Waals surface area contributed by atoms with Gasteiger partial charge in [0.05, 0.1) is 0 Å². The van der Waals surface area contributed by atoms with Crippen molar-refractivity contribution in [3.63, 3.8) is 0 Å². The Morgan fingerprint density at radius 1 is 0.354 bits per heavy atom. The first kappa shape index (κ1) is 35.1. The first-order valence-electron chi connectivity index (χ1n) is 18.3. The number of benzene rings is 2. The van der Waals surface area contributed by atoms with Gasteiger partial charge >= 0.3 is 0 Å². The topological polar surface area (TPSA) is 0 Å². The fourth-order valence-electron chi connectivity index (χ4n) is 6.52. The highest BCUT2D eigenvalue weighted by Gasteiger charge is 2.19. The van der Waals surface area contributed by atoms with Crippen LogP contribution in [0.3, 0.4) is 0 Å². The van der Waals surface area contributed by atoms with Gasteiger partial charge in [-0.1, -0.05) is 139 Å². The maximum absolute atomic E-state index is 2.56. The number of aryl methyl sites for hydroxylation is 2. The summed E-state index contributed by atoms with van der Waals surface area (Å²) in [5, 5.41) is 0. The molecule has 0 atom stereocenters. The Bertz CT molecular complexity index is 1660. The van der Waals surface area contributed by atoms with E-state index in [2.05, 4.69) is 111 Å². The molecule has 0 bridgehead atoms. The molecule has 0 aliphatic rings. The summed E-state index contributed by atoms with van der Waals surface area (Å²) in [5.41, 5.74) is 5.72. The molecule has 2 aromatic carbocycles. The summed E-state index contributed by atoms with van der Waals surface area (Å²) in [6.07, 6.45) is 18.4. The molecule has 0 N–H and O–H groups in total. The van der Waals surface area contributed by atoms with Gasteiger partial charge in [0.1, 0.15) is 0 Å². The van der Waals surface area contributed by atoms with E-state index in [-0.39, 0.29) is 0 Å². The largest absolute Gasteiger partial charge is 0.134 e. The molecule has 0 aliphatic carbocycles. The lowest BCUT2D eigenvalue weighted by atomic mass is 10.0. The molecule has 0 amide bonds. The second-order valence-electron chi connectivity index (χ2n) is 13.0. The molecule has 0 nitrogen and oxygen atoms in total. The molecule has 0 unspecified atom stereocenters. The number of hydrogen-bond acceptors (Lipinski definition) is 4. The number of thiophene rings is 4. The standard InChI is InChI=1S/C44H50S4/c1-3-5-7-9-11-15-25-35-31-41(47-43(35)39-29-27-37(45-39)33-21-17-13-18-22-33)42-32-36(26-16-12-10-8-6-4-2)44(48-42)40-30-28-38(46-40)34-23-19-14-20-24-34/h13-14,17-24,27-32H,3-12,15-16,25-26H2,1-2H3. The van der Waals surface area contributed by atoms with Crippen molar-refractivity contribution >= 4 is 45.3 Å². The van der Waals surface area contributed by atoms with Gasteiger partial charge in [0.2, 0.25) is 0 Å². The van der Waals surface area contributed by atoms with E-state index >= 15 is 0 Å². The fourth-order valence-corrected chi connectivity index (χ4v) is 11.3. The maximum atomic E-state index is 2.56. The quantitative estimate of drug-likeness (QED) is 0.0736. The monoisotopic (exact) mass is 706 g/mol. The van der Waals surface area contributed by atoms with Crippen LogP contribution < -0.4 is 0 Å². The number of hydrogen-bond donors (Lipinski definition) is 0. The summed E-state index contributed by atoms with van der Waals surface area (Å²) in [7, 11) is 0. The highest BCUT2D eigenvalue weighted by molar-refractivity contribution is 7.29. The highest BCUT2D eigenvalue weighted by atomic mass is 32.1. The van der Waals surface area contributed by atoms with Crippen molar-refractivity contribution in [1.29, 1.82) is 0 Å². The lowest BCUT2D eigenvalue weighted by Crippen LogP contribution is -1.86. The van der Waals surface area contributed by atoms with Crippen molar-refractivity contribution in [3.05, 3.63) is 108 Å². The molecular formula is C44H50S4. The van der Waals surface area contributed by atoms with Crippen LogP contribution in [0.15, 0.2) is 97.1 Å². The van der Waals surface area contributed by atoms with Crippen LogP contribution in [-0.4, -0.2) is 0 Å². The van der Waals surface area contributed by atoms with Crippen LogP contribution >= 0.6 is 45.3 Å². The minimum atomic E-state index is 1.17. The van der Waals surface area contributed by atoms with E-state index in [1.807, 2.05) is 45.3 Å². The molecular weight excluding hydrogens is 657 g/mol. The summed E-state index contributed by atoms with van der Waals surface area (Å²) >= 11 is 7.96. The van der Waals surface area contributed by atoms with Gasteiger partial charge in [-0.25, -0.2) is 0 Å². The van der Waals surface area contributed by atoms with E-state index in [0.29, 0.717) is 0 Å². The zero-order valence-corrected chi connectivity index (χ0v) is 32.0. The van der Waals surface area contributed by atoms with Crippen molar-refractivity contribution in [2.24, 2.45) is 0 Å². The van der Waals surface area contributed by atoms with Crippen LogP contribution in [-0.2, 0) is 12.8 Å². The summed E-state index contributed by atoms with van der Waals surface area (Å²) in [5.74, 6) is 0. The fraction of sp³-hybridized carbons (Fsp3) is 0.364. The third kappa shape index (κ3) is 9.27. The second-order valence-corrected chi connectivity index (χ2v) is 17.3. The van der Waals surface area contributed by atoms with Crippen molar-refractivity contribution in [2.75, 3.05) is 0 Å². The second kappa shape index (κ2) is 18.3. The van der Waals surface area contributed by atoms with E-state index in [1.165, 1.54) is 140 Å². The van der Waals surface area contributed by atoms with Crippen molar-refractivity contribution in [3.8, 4) is 50.1 Å². The van der Waals surface area contributed by atoms with E-state index in [4.69, 9.17) is 0 Å². The van der Waals surface area contributed by atoms with Crippen molar-refractivity contribution in [2.45, 2.75) is 104 Å². The molecule has 0 saturated heterocycles. The number of unbranched alkanes of at least 4 members (excludes halogenated alkanes) is 10. The lowest BCUT2D eigenvalue weighted by molar-refractivity contribution is 0.608. The van der Waals surface area contributed by atoms with E-state index in [0.717, 1.165) is 0 Å². The van der Waals surface area contributed by atoms with Gasteiger partial charge in [0, 0.05) is 39.0 Å². The third-order valence-corrected chi connectivity index (χ3v) is 14.4. The molecule has 0 saturated carbocycles. The molecule has 6 rings (SSSR count). The average Bonchev–Trinajstić information content (AvgIpc) is 3.95. The SMILES string of the molecule is CCCCCCCCc1cc(-c2cc(CCCCCCCC)c(-c3ccc(-c4ccccc4)s3)s2)sc1-c1ccc(-c2ccccc2)s1. The molecule has 0 aliphatic heterocycles. The van der Waals surface area contributed by atoms with E-state index in [1.54, 1.807) is 11.1 Å². The molecule has 4 heteroatoms. The first-order valence-corrected chi connectivity index (χ1v) is 21.6. The minimum absolute atomic E-state index is 1.17. The van der Waals surface area contributed by atoms with E-state index in [9.17, 15) is 0 Å². The van der Waals surface area contributed by atoms with Crippen molar-refractivity contribution in [1.82, 2.24) is 0 Å². The summed E-state index contributed by atoms with van der Waals surface area (Å²) in [6, 6.07) is 36.3. The van der Waals surface area contributed by atoms with Crippen LogP contribution in [0.5, 0.6) is 0 Å². The summed E-state index contributed by atoms with van der Waals surface area (Å²) < 4.78 is 0. The zero-order valence-electron chi connectivity index (χ0n) is 28.8. The molecule has 4 aromatic heterocycles. The zero-order chi connectivity index (χ0) is 33.0. The van der Waals surface area contributed by atoms with Crippen LogP contribution in [0, 0.1) is 0 Å². The molecule has 6 aromatic rings. The Kier molecular flexibility index (Phi) is 13.4. The van der Waals surface area contributed by atoms with E-state index < -0.39 is 0 Å². The van der Waals surface area contributed by atoms with Gasteiger partial charge in [0.15, 0.2) is 0 Å². The Labute approximate surface area is 305 Å². The van der Waals surface area contributed by atoms with Crippen molar-refractivity contribution < 1.29 is 0 Å². The van der Waals surface area contributed by atoms with Gasteiger partial charge in [-0.05, 0) is 84.3 Å². The van der Waals surface area contributed by atoms with Gasteiger partial charge < -0.3 is 0 Å². The molecule has 4 heterocycles. The smallest absolute Gasteiger partial charge is 0.0481 e. The normalized spacial score (nSPS) is 11.5. The molecule has 0 spiro atoms. The van der Waals surface area contributed by atoms with Gasteiger partial charge in [-0.15, -0.1) is 45.3 Å². The predicted molar refractivity (Wildman–Crippen MR) is 219 cm³/mol. The molecule has 250 valence electrons. The van der Waals surface area contributed by atoms with Crippen LogP contribution in [0.25, 0.3) is 50.1 Å². The summed E-state index contributed by atoms with van der Waals surface area (Å²) in [4.78, 5) is 11.4. The molecule has 0 fully saturated rings. The average molecular weight is 707 g/mol. The van der Waals surface area contributed by atoms with Crippen LogP contribution in [0.1, 0.15) is 102 Å². The Morgan fingerprint density at radius 3 is 1.15 bits per heavy atom. The van der Waals surface area contributed by atoms with Gasteiger partial charge in [-0.2, -0.15) is 0 Å². The molecule has 48 heavy (non-hydrogen) atoms. The van der Waals surface area contributed by atoms with Crippen LogP contribution in [0.2, 0.25) is 0 Å². The minimum Gasteiger partial charge on any atom is -0.134 e. The highest BCUT2D eigenvalue weighted by Crippen LogP contribution is 2.48. The Balaban J connectivity index is 1.30. The Morgan fingerprint density at radius 2 is 0.729 bits per heavy atom. The lowest BCUT2D eigenvalue weighted by Gasteiger charge is -2.03.